The van der Waals surface area contributed by atoms with Crippen LogP contribution in [0.4, 0.5) is 5.82 Å². The average molecular weight is 488 g/mol. The number of halogens is 1. The zero-order valence-corrected chi connectivity index (χ0v) is 19.3. The molecule has 0 aliphatic carbocycles. The second-order valence-electron chi connectivity index (χ2n) is 7.25. The molecule has 0 spiro atoms. The van der Waals surface area contributed by atoms with E-state index in [1.54, 1.807) is 20.9 Å². The van der Waals surface area contributed by atoms with Gasteiger partial charge in [0, 0.05) is 7.05 Å². The van der Waals surface area contributed by atoms with Gasteiger partial charge in [0.25, 0.3) is 5.60 Å². The van der Waals surface area contributed by atoms with Crippen molar-refractivity contribution < 1.29 is 38.7 Å². The van der Waals surface area contributed by atoms with Gasteiger partial charge in [-0.2, -0.15) is 9.97 Å². The Labute approximate surface area is 194 Å². The molecule has 0 amide bonds. The van der Waals surface area contributed by atoms with Gasteiger partial charge in [-0.1, -0.05) is 0 Å². The highest BCUT2D eigenvalue weighted by molar-refractivity contribution is 6.28. The van der Waals surface area contributed by atoms with Crippen LogP contribution in [0.15, 0.2) is 6.33 Å². The van der Waals surface area contributed by atoms with Gasteiger partial charge in [-0.3, -0.25) is 4.57 Å². The number of rotatable bonds is 9. The summed E-state index contributed by atoms with van der Waals surface area (Å²) in [7, 11) is 1.64. The molecular formula is C19H26ClN5O8. The fourth-order valence-corrected chi connectivity index (χ4v) is 3.50. The maximum atomic E-state index is 12.4. The minimum Gasteiger partial charge on any atom is -0.463 e. The lowest BCUT2D eigenvalue weighted by Crippen LogP contribution is -2.50. The third-order valence-electron chi connectivity index (χ3n) is 5.11. The van der Waals surface area contributed by atoms with Crippen molar-refractivity contribution in [1.29, 1.82) is 0 Å². The number of ether oxygens (including phenoxy) is 4. The van der Waals surface area contributed by atoms with Crippen LogP contribution >= 0.6 is 11.6 Å². The summed E-state index contributed by atoms with van der Waals surface area (Å²) in [6.45, 7) is 3.99. The van der Waals surface area contributed by atoms with Crippen LogP contribution < -0.4 is 5.32 Å². The smallest absolute Gasteiger partial charge is 0.349 e. The number of esters is 2. The normalized spacial score (nSPS) is 23.0. The van der Waals surface area contributed by atoms with Crippen LogP contribution in [0.5, 0.6) is 0 Å². The molecule has 0 bridgehead atoms. The molecule has 2 aromatic rings. The number of nitrogens with one attached hydrogen (secondary N) is 1. The number of aromatic nitrogens is 4. The van der Waals surface area contributed by atoms with Crippen molar-refractivity contribution in [2.75, 3.05) is 32.2 Å². The topological polar surface area (TPSA) is 167 Å². The van der Waals surface area contributed by atoms with Gasteiger partial charge in [-0.25, -0.2) is 14.6 Å². The van der Waals surface area contributed by atoms with E-state index in [2.05, 4.69) is 20.3 Å². The van der Waals surface area contributed by atoms with Gasteiger partial charge >= 0.3 is 11.9 Å². The Bertz CT molecular complexity index is 999. The highest BCUT2D eigenvalue weighted by atomic mass is 35.5. The fourth-order valence-electron chi connectivity index (χ4n) is 3.33. The van der Waals surface area contributed by atoms with Gasteiger partial charge in [0.2, 0.25) is 5.28 Å². The van der Waals surface area contributed by atoms with E-state index in [0.717, 1.165) is 0 Å². The van der Waals surface area contributed by atoms with Gasteiger partial charge in [0.05, 0.1) is 26.1 Å². The zero-order valence-electron chi connectivity index (χ0n) is 18.5. The second kappa shape index (κ2) is 10.1. The van der Waals surface area contributed by atoms with Crippen LogP contribution in [0.3, 0.4) is 0 Å². The highest BCUT2D eigenvalue weighted by Crippen LogP contribution is 2.33. The monoisotopic (exact) mass is 487 g/mol. The molecule has 3 rings (SSSR count). The summed E-state index contributed by atoms with van der Waals surface area (Å²) in [6.07, 6.45) is -3.67. The van der Waals surface area contributed by atoms with Crippen molar-refractivity contribution in [1.82, 2.24) is 19.5 Å². The second-order valence-corrected chi connectivity index (χ2v) is 7.58. The van der Waals surface area contributed by atoms with Crippen molar-refractivity contribution in [2.45, 2.75) is 50.9 Å². The van der Waals surface area contributed by atoms with Crippen molar-refractivity contribution in [3.8, 4) is 0 Å². The molecule has 13 nitrogen and oxygen atoms in total. The molecule has 0 unspecified atom stereocenters. The van der Waals surface area contributed by atoms with Gasteiger partial charge in [0.15, 0.2) is 23.2 Å². The first-order valence-corrected chi connectivity index (χ1v) is 10.6. The van der Waals surface area contributed by atoms with Gasteiger partial charge in [-0.15, -0.1) is 0 Å². The van der Waals surface area contributed by atoms with Crippen LogP contribution in [-0.2, 0) is 28.5 Å². The number of aliphatic hydroxyl groups is 2. The predicted molar refractivity (Wildman–Crippen MR) is 113 cm³/mol. The lowest BCUT2D eigenvalue weighted by Gasteiger charge is -2.27. The maximum Gasteiger partial charge on any atom is 0.349 e. The van der Waals surface area contributed by atoms with Crippen LogP contribution in [0.1, 0.15) is 27.0 Å². The molecule has 1 aliphatic heterocycles. The average Bonchev–Trinajstić information content (AvgIpc) is 3.32. The number of hydrogen-bond donors (Lipinski definition) is 3. The van der Waals surface area contributed by atoms with Crippen molar-refractivity contribution in [2.24, 2.45) is 0 Å². The summed E-state index contributed by atoms with van der Waals surface area (Å²) in [5, 5.41) is 24.0. The van der Waals surface area contributed by atoms with E-state index in [9.17, 15) is 19.8 Å². The van der Waals surface area contributed by atoms with Crippen LogP contribution in [-0.4, -0.2) is 92.5 Å². The molecule has 4 atom stereocenters. The number of nitrogens with zero attached hydrogens (tertiary/aromatic N) is 4. The Morgan fingerprint density at radius 3 is 2.42 bits per heavy atom. The summed E-state index contributed by atoms with van der Waals surface area (Å²) >= 11 is 5.98. The number of hydrogen-bond acceptors (Lipinski definition) is 12. The SMILES string of the molecule is CCOC(=O)C(C)(OC[C@H]1O[C@@H](n2cnc3c(NC)nc(Cl)nc32)[C@H](O)[C@H]1O)C(=O)OCC. The molecule has 3 N–H and O–H groups in total. The predicted octanol–water partition coefficient (Wildman–Crippen LogP) is 0.0421. The van der Waals surface area contributed by atoms with Crippen LogP contribution in [0.2, 0.25) is 5.28 Å². The molecule has 3 heterocycles. The summed E-state index contributed by atoms with van der Waals surface area (Å²) < 4.78 is 22.6. The minimum absolute atomic E-state index is 0.0211. The number of anilines is 1. The Hall–Kier alpha value is -2.58. The highest BCUT2D eigenvalue weighted by Gasteiger charge is 2.50. The first-order chi connectivity index (χ1) is 15.7. The Morgan fingerprint density at radius 1 is 1.21 bits per heavy atom. The molecule has 182 valence electrons. The van der Waals surface area contributed by atoms with E-state index >= 15 is 0 Å². The van der Waals surface area contributed by atoms with E-state index in [1.165, 1.54) is 17.8 Å². The lowest BCUT2D eigenvalue weighted by molar-refractivity contribution is -0.194. The fraction of sp³-hybridized carbons (Fsp3) is 0.632. The molecule has 1 saturated heterocycles. The first kappa shape index (κ1) is 25.1. The summed E-state index contributed by atoms with van der Waals surface area (Å²) in [4.78, 5) is 37.1. The number of carbonyl (C=O) groups excluding carboxylic acids is 2. The molecule has 0 radical (unpaired) electrons. The third-order valence-corrected chi connectivity index (χ3v) is 5.28. The van der Waals surface area contributed by atoms with Crippen LogP contribution in [0.25, 0.3) is 11.2 Å². The molecule has 0 saturated carbocycles. The van der Waals surface area contributed by atoms with Gasteiger partial charge in [-0.05, 0) is 32.4 Å². The maximum absolute atomic E-state index is 12.4. The Kier molecular flexibility index (Phi) is 7.69. The standard InChI is InChI=1S/C19H26ClN5O8/c1-5-30-16(28)19(3,17(29)31-6-2)32-7-9-11(26)12(27)15(33-9)25-8-22-10-13(21-4)23-18(20)24-14(10)25/h8-9,11-12,15,26-27H,5-7H2,1-4H3,(H,21,23,24)/t9-,11+,12-,15-/m1/s1. The molecular weight excluding hydrogens is 462 g/mol. The molecule has 1 fully saturated rings. The first-order valence-electron chi connectivity index (χ1n) is 10.3. The van der Waals surface area contributed by atoms with Crippen molar-refractivity contribution in [3.63, 3.8) is 0 Å². The zero-order chi connectivity index (χ0) is 24.3. The Balaban J connectivity index is 1.82. The molecule has 2 aromatic heterocycles. The quantitative estimate of drug-likeness (QED) is 0.247. The van der Waals surface area contributed by atoms with E-state index in [-0.39, 0.29) is 24.1 Å². The molecule has 1 aliphatic rings. The van der Waals surface area contributed by atoms with Crippen molar-refractivity contribution in [3.05, 3.63) is 11.6 Å². The minimum atomic E-state index is -2.08. The molecule has 0 aromatic carbocycles. The number of fused-ring (bicyclic) bond motifs is 1. The van der Waals surface area contributed by atoms with E-state index < -0.39 is 48.7 Å². The summed E-state index contributed by atoms with van der Waals surface area (Å²) in [6, 6.07) is 0. The summed E-state index contributed by atoms with van der Waals surface area (Å²) in [5.41, 5.74) is -1.44. The Morgan fingerprint density at radius 2 is 1.85 bits per heavy atom. The molecule has 14 heteroatoms. The third kappa shape index (κ3) is 4.73. The van der Waals surface area contributed by atoms with Crippen LogP contribution in [0, 0.1) is 0 Å². The largest absolute Gasteiger partial charge is 0.463 e. The van der Waals surface area contributed by atoms with E-state index in [4.69, 9.17) is 30.5 Å². The van der Waals surface area contributed by atoms with Crippen molar-refractivity contribution >= 4 is 40.5 Å². The number of carbonyl (C=O) groups is 2. The summed E-state index contributed by atoms with van der Waals surface area (Å²) in [5.74, 6) is -1.52. The lowest BCUT2D eigenvalue weighted by atomic mass is 10.1. The van der Waals surface area contributed by atoms with Gasteiger partial charge in [0.1, 0.15) is 18.3 Å². The number of aliphatic hydroxyl groups excluding tert-OH is 2. The van der Waals surface area contributed by atoms with E-state index in [0.29, 0.717) is 11.3 Å². The van der Waals surface area contributed by atoms with E-state index in [1.807, 2.05) is 0 Å². The number of imidazole rings is 1. The van der Waals surface area contributed by atoms with Gasteiger partial charge < -0.3 is 34.5 Å². The molecule has 33 heavy (non-hydrogen) atoms.